The molecule has 3 heterocycles. The quantitative estimate of drug-likeness (QED) is 0.866. The van der Waals surface area contributed by atoms with Crippen molar-refractivity contribution in [2.45, 2.75) is 5.41 Å². The van der Waals surface area contributed by atoms with Crippen molar-refractivity contribution in [1.29, 1.82) is 0 Å². The van der Waals surface area contributed by atoms with Crippen molar-refractivity contribution < 1.29 is 14.6 Å². The maximum atomic E-state index is 11.3. The van der Waals surface area contributed by atoms with Crippen LogP contribution in [0.15, 0.2) is 81.3 Å². The molecule has 1 atom stereocenters. The van der Waals surface area contributed by atoms with Gasteiger partial charge in [-0.25, -0.2) is 9.79 Å². The van der Waals surface area contributed by atoms with Gasteiger partial charge in [0.2, 0.25) is 0 Å². The minimum absolute atomic E-state index is 0.0219. The summed E-state index contributed by atoms with van der Waals surface area (Å²) < 4.78 is 6.10. The number of nitrogens with zero attached hydrogens (tertiary/aromatic N) is 2. The highest BCUT2D eigenvalue weighted by molar-refractivity contribution is 6.42. The molecule has 0 saturated carbocycles. The van der Waals surface area contributed by atoms with Crippen molar-refractivity contribution in [1.82, 2.24) is 0 Å². The van der Waals surface area contributed by atoms with Crippen LogP contribution < -0.4 is 4.74 Å². The lowest BCUT2D eigenvalue weighted by Crippen LogP contribution is -2.32. The number of carbonyl (C=O) groups is 1. The fourth-order valence-corrected chi connectivity index (χ4v) is 3.51. The zero-order valence-electron chi connectivity index (χ0n) is 11.9. The first kappa shape index (κ1) is 12.3. The Morgan fingerprint density at radius 2 is 2.09 bits per heavy atom. The third-order valence-corrected chi connectivity index (χ3v) is 4.50. The van der Waals surface area contributed by atoms with Gasteiger partial charge in [0.1, 0.15) is 28.3 Å². The Hall–Kier alpha value is -3.21. The van der Waals surface area contributed by atoms with Gasteiger partial charge >= 0.3 is 5.97 Å². The van der Waals surface area contributed by atoms with Crippen LogP contribution in [0.4, 0.5) is 0 Å². The first-order chi connectivity index (χ1) is 11.2. The molecule has 0 radical (unpaired) electrons. The number of carboxylic acids is 1. The number of carboxylic acid groups (broad SMARTS) is 1. The van der Waals surface area contributed by atoms with E-state index in [1.54, 1.807) is 18.5 Å². The first-order valence-corrected chi connectivity index (χ1v) is 7.19. The van der Waals surface area contributed by atoms with Gasteiger partial charge < -0.3 is 9.84 Å². The number of aliphatic imine (C=N–C) groups is 2. The SMILES string of the molecule is O=C(O)C1=NC2=C3Oc4ccccc4C34C=CN=CC4=CC2=C1. The van der Waals surface area contributed by atoms with Crippen LogP contribution in [0.25, 0.3) is 0 Å². The Morgan fingerprint density at radius 1 is 1.22 bits per heavy atom. The van der Waals surface area contributed by atoms with E-state index in [0.29, 0.717) is 11.5 Å². The van der Waals surface area contributed by atoms with E-state index in [4.69, 9.17) is 4.74 Å². The van der Waals surface area contributed by atoms with Crippen LogP contribution in [0.1, 0.15) is 5.56 Å². The fraction of sp³-hybridized carbons (Fsp3) is 0.0556. The summed E-state index contributed by atoms with van der Waals surface area (Å²) in [5.74, 6) is 0.373. The van der Waals surface area contributed by atoms with Crippen molar-refractivity contribution in [2.24, 2.45) is 9.98 Å². The minimum Gasteiger partial charge on any atom is -0.477 e. The molecule has 1 aromatic rings. The molecular weight excluding hydrogens is 292 g/mol. The van der Waals surface area contributed by atoms with Crippen LogP contribution in [0.5, 0.6) is 5.75 Å². The zero-order valence-corrected chi connectivity index (χ0v) is 11.9. The molecule has 1 unspecified atom stereocenters. The molecule has 0 saturated heterocycles. The maximum Gasteiger partial charge on any atom is 0.354 e. The van der Waals surface area contributed by atoms with Crippen LogP contribution in [-0.4, -0.2) is 23.0 Å². The molecule has 5 heteroatoms. The second-order valence-corrected chi connectivity index (χ2v) is 5.68. The summed E-state index contributed by atoms with van der Waals surface area (Å²) in [7, 11) is 0. The monoisotopic (exact) mass is 302 g/mol. The Bertz CT molecular complexity index is 976. The molecular formula is C18H10N2O3. The molecule has 5 rings (SSSR count). The average Bonchev–Trinajstić information content (AvgIpc) is 3.11. The molecule has 3 aliphatic heterocycles. The lowest BCUT2D eigenvalue weighted by molar-refractivity contribution is -0.129. The Balaban J connectivity index is 1.86. The van der Waals surface area contributed by atoms with E-state index in [-0.39, 0.29) is 5.71 Å². The molecule has 0 aromatic heterocycles. The highest BCUT2D eigenvalue weighted by Gasteiger charge is 2.51. The number of hydrogen-bond donors (Lipinski definition) is 1. The Morgan fingerprint density at radius 3 is 2.96 bits per heavy atom. The first-order valence-electron chi connectivity index (χ1n) is 7.19. The number of aliphatic carboxylic acids is 1. The molecule has 1 aliphatic carbocycles. The molecule has 1 aromatic carbocycles. The van der Waals surface area contributed by atoms with Gasteiger partial charge in [-0.1, -0.05) is 18.2 Å². The number of ether oxygens (including phenoxy) is 1. The maximum absolute atomic E-state index is 11.3. The van der Waals surface area contributed by atoms with Gasteiger partial charge in [0, 0.05) is 23.6 Å². The molecule has 23 heavy (non-hydrogen) atoms. The van der Waals surface area contributed by atoms with E-state index >= 15 is 0 Å². The van der Waals surface area contributed by atoms with E-state index in [0.717, 1.165) is 22.5 Å². The van der Waals surface area contributed by atoms with E-state index in [1.807, 2.05) is 36.4 Å². The predicted molar refractivity (Wildman–Crippen MR) is 84.6 cm³/mol. The third-order valence-electron chi connectivity index (χ3n) is 4.50. The molecule has 4 aliphatic rings. The summed E-state index contributed by atoms with van der Waals surface area (Å²) in [4.78, 5) is 19.8. The van der Waals surface area contributed by atoms with E-state index in [2.05, 4.69) is 9.98 Å². The van der Waals surface area contributed by atoms with Crippen LogP contribution >= 0.6 is 0 Å². The summed E-state index contributed by atoms with van der Waals surface area (Å²) in [6, 6.07) is 7.81. The van der Waals surface area contributed by atoms with Gasteiger partial charge in [0.25, 0.3) is 0 Å². The van der Waals surface area contributed by atoms with Gasteiger partial charge in [0.15, 0.2) is 0 Å². The normalized spacial score (nSPS) is 25.7. The average molecular weight is 302 g/mol. The smallest absolute Gasteiger partial charge is 0.354 e. The van der Waals surface area contributed by atoms with Crippen LogP contribution in [0.3, 0.4) is 0 Å². The third kappa shape index (κ3) is 1.39. The molecule has 5 nitrogen and oxygen atoms in total. The standard InChI is InChI=1S/C18H10N2O3/c21-17(22)13-8-10-7-11-9-19-6-5-18(11)12-3-1-2-4-14(12)23-16(18)15(10)20-13/h1-9H,(H,21,22). The lowest BCUT2D eigenvalue weighted by atomic mass is 9.69. The van der Waals surface area contributed by atoms with Gasteiger partial charge in [-0.05, 0) is 29.9 Å². The second kappa shape index (κ2) is 3.95. The van der Waals surface area contributed by atoms with Crippen molar-refractivity contribution in [3.05, 3.63) is 76.9 Å². The van der Waals surface area contributed by atoms with Crippen molar-refractivity contribution in [3.63, 3.8) is 0 Å². The summed E-state index contributed by atoms with van der Waals surface area (Å²) in [5, 5.41) is 9.23. The minimum atomic E-state index is -1.05. The number of allylic oxidation sites excluding steroid dienone is 2. The molecule has 0 amide bonds. The number of rotatable bonds is 1. The predicted octanol–water partition coefficient (Wildman–Crippen LogP) is 2.53. The summed E-state index contributed by atoms with van der Waals surface area (Å²) in [5.41, 5.74) is 2.77. The van der Waals surface area contributed by atoms with Crippen molar-refractivity contribution in [2.75, 3.05) is 0 Å². The molecule has 0 fully saturated rings. The lowest BCUT2D eigenvalue weighted by Gasteiger charge is -2.32. The van der Waals surface area contributed by atoms with Crippen LogP contribution in [-0.2, 0) is 10.2 Å². The fourth-order valence-electron chi connectivity index (χ4n) is 3.51. The van der Waals surface area contributed by atoms with Gasteiger partial charge in [-0.3, -0.25) is 4.99 Å². The largest absolute Gasteiger partial charge is 0.477 e. The van der Waals surface area contributed by atoms with E-state index < -0.39 is 11.4 Å². The Labute approximate surface area is 131 Å². The van der Waals surface area contributed by atoms with Gasteiger partial charge in [0.05, 0.1) is 0 Å². The summed E-state index contributed by atoms with van der Waals surface area (Å²) >= 11 is 0. The Kier molecular flexibility index (Phi) is 2.12. The zero-order chi connectivity index (χ0) is 15.6. The number of fused-ring (bicyclic) bond motifs is 2. The highest BCUT2D eigenvalue weighted by Crippen LogP contribution is 2.56. The molecule has 1 N–H and O–H groups in total. The van der Waals surface area contributed by atoms with Crippen LogP contribution in [0.2, 0.25) is 0 Å². The number of benzene rings is 1. The summed E-state index contributed by atoms with van der Waals surface area (Å²) in [6.07, 6.45) is 9.03. The molecule has 110 valence electrons. The number of hydrogen-bond acceptors (Lipinski definition) is 4. The van der Waals surface area contributed by atoms with E-state index in [1.165, 1.54) is 0 Å². The van der Waals surface area contributed by atoms with Gasteiger partial charge in [-0.2, -0.15) is 0 Å². The second-order valence-electron chi connectivity index (χ2n) is 5.68. The van der Waals surface area contributed by atoms with E-state index in [9.17, 15) is 9.90 Å². The summed E-state index contributed by atoms with van der Waals surface area (Å²) in [6.45, 7) is 0. The van der Waals surface area contributed by atoms with Crippen molar-refractivity contribution >= 4 is 17.9 Å². The molecule has 0 bridgehead atoms. The van der Waals surface area contributed by atoms with Crippen molar-refractivity contribution in [3.8, 4) is 5.75 Å². The van der Waals surface area contributed by atoms with Gasteiger partial charge in [-0.15, -0.1) is 0 Å². The highest BCUT2D eigenvalue weighted by atomic mass is 16.5. The topological polar surface area (TPSA) is 71.2 Å². The molecule has 1 spiro atoms. The number of para-hydroxylation sites is 1. The van der Waals surface area contributed by atoms with Crippen LogP contribution in [0, 0.1) is 0 Å².